The van der Waals surface area contributed by atoms with Crippen LogP contribution in [0.3, 0.4) is 0 Å². The highest BCUT2D eigenvalue weighted by atomic mass is 19.4. The van der Waals surface area contributed by atoms with Gasteiger partial charge in [-0.3, -0.25) is 0 Å². The Balaban J connectivity index is 3.45. The molecule has 3 nitrogen and oxygen atoms in total. The van der Waals surface area contributed by atoms with E-state index >= 15 is 0 Å². The Morgan fingerprint density at radius 3 is 2.50 bits per heavy atom. The Kier molecular flexibility index (Phi) is 3.91. The van der Waals surface area contributed by atoms with Gasteiger partial charge in [-0.15, -0.1) is 0 Å². The summed E-state index contributed by atoms with van der Waals surface area (Å²) in [4.78, 5) is 11.2. The van der Waals surface area contributed by atoms with Gasteiger partial charge in [-0.2, -0.15) is 18.4 Å². The number of nitrogens with zero attached hydrogens (tertiary/aromatic N) is 1. The minimum Gasteiger partial charge on any atom is -0.462 e. The first-order chi connectivity index (χ1) is 8.32. The first-order valence-electron chi connectivity index (χ1n) is 4.79. The normalized spacial score (nSPS) is 10.9. The number of rotatable bonds is 2. The van der Waals surface area contributed by atoms with Crippen LogP contribution in [0.5, 0.6) is 0 Å². The molecule has 0 atom stereocenters. The molecule has 0 fully saturated rings. The first-order valence-corrected chi connectivity index (χ1v) is 4.79. The van der Waals surface area contributed by atoms with Gasteiger partial charge in [-0.25, -0.2) is 9.18 Å². The number of alkyl halides is 3. The predicted octanol–water partition coefficient (Wildman–Crippen LogP) is 2.89. The molecule has 0 heterocycles. The van der Waals surface area contributed by atoms with E-state index < -0.39 is 34.7 Å². The number of ether oxygens (including phenoxy) is 1. The second-order valence-electron chi connectivity index (χ2n) is 3.18. The summed E-state index contributed by atoms with van der Waals surface area (Å²) in [5, 5.41) is 8.51. The molecule has 0 saturated carbocycles. The highest BCUT2D eigenvalue weighted by Gasteiger charge is 2.39. The molecule has 0 N–H and O–H groups in total. The summed E-state index contributed by atoms with van der Waals surface area (Å²) in [6, 6.07) is 2.76. The van der Waals surface area contributed by atoms with E-state index in [1.165, 1.54) is 13.0 Å². The Morgan fingerprint density at radius 2 is 2.06 bits per heavy atom. The van der Waals surface area contributed by atoms with Gasteiger partial charge in [-0.05, 0) is 19.1 Å². The fourth-order valence-electron chi connectivity index (χ4n) is 1.31. The van der Waals surface area contributed by atoms with Gasteiger partial charge in [0.2, 0.25) is 0 Å². The zero-order valence-electron chi connectivity index (χ0n) is 9.14. The van der Waals surface area contributed by atoms with Crippen LogP contribution in [0, 0.1) is 17.1 Å². The largest absolute Gasteiger partial charge is 0.462 e. The van der Waals surface area contributed by atoms with Crippen molar-refractivity contribution in [1.82, 2.24) is 0 Å². The van der Waals surface area contributed by atoms with Crippen molar-refractivity contribution < 1.29 is 27.1 Å². The van der Waals surface area contributed by atoms with Crippen LogP contribution in [0.1, 0.15) is 28.4 Å². The SMILES string of the molecule is CCOC(=O)c1ccc(C#N)c(C(F)(F)F)c1F. The third-order valence-corrected chi connectivity index (χ3v) is 2.04. The lowest BCUT2D eigenvalue weighted by molar-refractivity contribution is -0.140. The number of carbonyl (C=O) groups excluding carboxylic acids is 1. The molecule has 0 amide bonds. The molecule has 1 aromatic rings. The number of hydrogen-bond donors (Lipinski definition) is 0. The number of esters is 1. The van der Waals surface area contributed by atoms with Crippen molar-refractivity contribution in [3.63, 3.8) is 0 Å². The monoisotopic (exact) mass is 261 g/mol. The third kappa shape index (κ3) is 2.59. The van der Waals surface area contributed by atoms with Crippen molar-refractivity contribution in [2.75, 3.05) is 6.61 Å². The van der Waals surface area contributed by atoms with Crippen LogP contribution < -0.4 is 0 Å². The molecule has 0 aliphatic rings. The molecule has 0 aliphatic heterocycles. The summed E-state index contributed by atoms with van der Waals surface area (Å²) in [5.74, 6) is -3.00. The van der Waals surface area contributed by atoms with Gasteiger partial charge < -0.3 is 4.74 Å². The molecule has 0 aliphatic carbocycles. The zero-order valence-corrected chi connectivity index (χ0v) is 9.14. The number of carbonyl (C=O) groups is 1. The minimum absolute atomic E-state index is 0.0976. The standard InChI is InChI=1S/C11H7F4NO2/c1-2-18-10(17)7-4-3-6(5-16)8(9(7)12)11(13,14)15/h3-4H,2H2,1H3. The van der Waals surface area contributed by atoms with Crippen molar-refractivity contribution in [2.45, 2.75) is 13.1 Å². The van der Waals surface area contributed by atoms with Crippen molar-refractivity contribution in [2.24, 2.45) is 0 Å². The quantitative estimate of drug-likeness (QED) is 0.607. The Hall–Kier alpha value is -2.10. The average Bonchev–Trinajstić information content (AvgIpc) is 2.26. The third-order valence-electron chi connectivity index (χ3n) is 2.04. The van der Waals surface area contributed by atoms with Crippen LogP contribution in [-0.2, 0) is 10.9 Å². The lowest BCUT2D eigenvalue weighted by atomic mass is 10.0. The molecule has 96 valence electrons. The summed E-state index contributed by atoms with van der Waals surface area (Å²) in [7, 11) is 0. The van der Waals surface area contributed by atoms with E-state index in [0.717, 1.165) is 12.1 Å². The smallest absolute Gasteiger partial charge is 0.420 e. The topological polar surface area (TPSA) is 50.1 Å². The highest BCUT2D eigenvalue weighted by molar-refractivity contribution is 5.90. The fourth-order valence-corrected chi connectivity index (χ4v) is 1.31. The molecule has 0 aromatic heterocycles. The summed E-state index contributed by atoms with van der Waals surface area (Å²) in [6.07, 6.45) is -5.06. The van der Waals surface area contributed by atoms with E-state index in [1.54, 1.807) is 0 Å². The van der Waals surface area contributed by atoms with Crippen LogP contribution >= 0.6 is 0 Å². The van der Waals surface area contributed by atoms with Gasteiger partial charge in [0.1, 0.15) is 5.56 Å². The molecule has 0 unspecified atom stereocenters. The molecule has 0 bridgehead atoms. The van der Waals surface area contributed by atoms with Crippen molar-refractivity contribution >= 4 is 5.97 Å². The Labute approximate surface area is 99.6 Å². The van der Waals surface area contributed by atoms with Crippen LogP contribution in [0.4, 0.5) is 17.6 Å². The van der Waals surface area contributed by atoms with E-state index in [4.69, 9.17) is 5.26 Å². The maximum atomic E-state index is 13.6. The van der Waals surface area contributed by atoms with E-state index in [-0.39, 0.29) is 6.61 Å². The molecule has 0 spiro atoms. The zero-order chi connectivity index (χ0) is 13.9. The second kappa shape index (κ2) is 5.04. The van der Waals surface area contributed by atoms with Crippen LogP contribution in [0.15, 0.2) is 12.1 Å². The summed E-state index contributed by atoms with van der Waals surface area (Å²) in [6.45, 7) is 1.34. The van der Waals surface area contributed by atoms with Gasteiger partial charge >= 0.3 is 12.1 Å². The van der Waals surface area contributed by atoms with Gasteiger partial charge in [0, 0.05) is 0 Å². The van der Waals surface area contributed by atoms with Gasteiger partial charge in [0.15, 0.2) is 5.82 Å². The Bertz CT molecular complexity index is 517. The second-order valence-corrected chi connectivity index (χ2v) is 3.18. The molecule has 1 rings (SSSR count). The van der Waals surface area contributed by atoms with Crippen molar-refractivity contribution in [3.8, 4) is 6.07 Å². The van der Waals surface area contributed by atoms with E-state index in [2.05, 4.69) is 4.74 Å². The number of benzene rings is 1. The maximum Gasteiger partial charge on any atom is 0.420 e. The molecular formula is C11H7F4NO2. The van der Waals surface area contributed by atoms with Crippen LogP contribution in [0.25, 0.3) is 0 Å². The summed E-state index contributed by atoms with van der Waals surface area (Å²) in [5.41, 5.74) is -3.48. The minimum atomic E-state index is -5.06. The molecule has 7 heteroatoms. The van der Waals surface area contributed by atoms with Gasteiger partial charge in [0.25, 0.3) is 0 Å². The summed E-state index contributed by atoms with van der Waals surface area (Å²) < 4.78 is 55.8. The first kappa shape index (κ1) is 14.0. The molecular weight excluding hydrogens is 254 g/mol. The van der Waals surface area contributed by atoms with E-state index in [1.807, 2.05) is 0 Å². The van der Waals surface area contributed by atoms with Crippen LogP contribution in [0.2, 0.25) is 0 Å². The molecule has 0 saturated heterocycles. The van der Waals surface area contributed by atoms with Gasteiger partial charge in [0.05, 0.1) is 23.8 Å². The fraction of sp³-hybridized carbons (Fsp3) is 0.273. The Morgan fingerprint density at radius 1 is 1.44 bits per heavy atom. The molecule has 0 radical (unpaired) electrons. The van der Waals surface area contributed by atoms with E-state index in [9.17, 15) is 22.4 Å². The average molecular weight is 261 g/mol. The van der Waals surface area contributed by atoms with Gasteiger partial charge in [-0.1, -0.05) is 0 Å². The number of halogens is 4. The van der Waals surface area contributed by atoms with Crippen LogP contribution in [-0.4, -0.2) is 12.6 Å². The molecule has 1 aromatic carbocycles. The number of hydrogen-bond acceptors (Lipinski definition) is 3. The summed E-state index contributed by atoms with van der Waals surface area (Å²) >= 11 is 0. The lowest BCUT2D eigenvalue weighted by Gasteiger charge is -2.12. The predicted molar refractivity (Wildman–Crippen MR) is 52.1 cm³/mol. The van der Waals surface area contributed by atoms with Crippen molar-refractivity contribution in [1.29, 1.82) is 5.26 Å². The highest BCUT2D eigenvalue weighted by Crippen LogP contribution is 2.35. The number of nitriles is 1. The van der Waals surface area contributed by atoms with Crippen molar-refractivity contribution in [3.05, 3.63) is 34.6 Å². The van der Waals surface area contributed by atoms with E-state index in [0.29, 0.717) is 0 Å². The molecule has 18 heavy (non-hydrogen) atoms. The maximum absolute atomic E-state index is 13.6. The lowest BCUT2D eigenvalue weighted by Crippen LogP contribution is -2.16.